The number of amides is 1. The number of carbonyl (C=O) groups is 2. The first kappa shape index (κ1) is 14.5. The summed E-state index contributed by atoms with van der Waals surface area (Å²) >= 11 is 0. The second kappa shape index (κ2) is 6.00. The summed E-state index contributed by atoms with van der Waals surface area (Å²) in [5.41, 5.74) is -0.0856. The van der Waals surface area contributed by atoms with Gasteiger partial charge in [-0.15, -0.1) is 0 Å². The van der Waals surface area contributed by atoms with Crippen molar-refractivity contribution >= 4 is 11.9 Å². The van der Waals surface area contributed by atoms with Crippen LogP contribution in [0.3, 0.4) is 0 Å². The van der Waals surface area contributed by atoms with Gasteiger partial charge in [0.15, 0.2) is 0 Å². The Kier molecular flexibility index (Phi) is 4.34. The summed E-state index contributed by atoms with van der Waals surface area (Å²) < 4.78 is 0. The molecule has 1 saturated heterocycles. The van der Waals surface area contributed by atoms with E-state index in [1.54, 1.807) is 0 Å². The molecule has 2 rings (SSSR count). The van der Waals surface area contributed by atoms with Crippen LogP contribution in [0.15, 0.2) is 18.3 Å². The molecule has 2 N–H and O–H groups in total. The van der Waals surface area contributed by atoms with Gasteiger partial charge in [0.2, 0.25) is 0 Å². The predicted octanol–water partition coefficient (Wildman–Crippen LogP) is 0.992. The average molecular weight is 277 g/mol. The Labute approximate surface area is 117 Å². The highest BCUT2D eigenvalue weighted by molar-refractivity contribution is 6.03. The van der Waals surface area contributed by atoms with Crippen LogP contribution in [0.2, 0.25) is 0 Å². The third kappa shape index (κ3) is 3.14. The SMILES string of the molecule is CC1CC(NC(=O)c2ncccc2C(=O)O)CCN1C. The number of carboxylic acids is 1. The van der Waals surface area contributed by atoms with E-state index in [9.17, 15) is 9.59 Å². The summed E-state index contributed by atoms with van der Waals surface area (Å²) in [6.07, 6.45) is 3.15. The lowest BCUT2D eigenvalue weighted by Crippen LogP contribution is -2.47. The van der Waals surface area contributed by atoms with Crippen molar-refractivity contribution in [2.24, 2.45) is 0 Å². The minimum atomic E-state index is -1.14. The minimum Gasteiger partial charge on any atom is -0.478 e. The predicted molar refractivity (Wildman–Crippen MR) is 73.8 cm³/mol. The number of hydrogen-bond donors (Lipinski definition) is 2. The van der Waals surface area contributed by atoms with Crippen LogP contribution in [-0.2, 0) is 0 Å². The number of nitrogens with one attached hydrogen (secondary N) is 1. The molecule has 0 spiro atoms. The molecule has 1 amide bonds. The molecule has 0 bridgehead atoms. The summed E-state index contributed by atoms with van der Waals surface area (Å²) in [5.74, 6) is -1.55. The first-order chi connectivity index (χ1) is 9.49. The van der Waals surface area contributed by atoms with Crippen molar-refractivity contribution in [2.75, 3.05) is 13.6 Å². The minimum absolute atomic E-state index is 0.0217. The van der Waals surface area contributed by atoms with Gasteiger partial charge in [0.1, 0.15) is 5.69 Å². The monoisotopic (exact) mass is 277 g/mol. The lowest BCUT2D eigenvalue weighted by atomic mass is 9.98. The van der Waals surface area contributed by atoms with E-state index in [-0.39, 0.29) is 17.3 Å². The van der Waals surface area contributed by atoms with Crippen molar-refractivity contribution < 1.29 is 14.7 Å². The van der Waals surface area contributed by atoms with Crippen LogP contribution in [0.1, 0.15) is 40.6 Å². The van der Waals surface area contributed by atoms with Gasteiger partial charge in [-0.25, -0.2) is 4.79 Å². The van der Waals surface area contributed by atoms with Gasteiger partial charge in [0.05, 0.1) is 5.56 Å². The van der Waals surface area contributed by atoms with E-state index in [4.69, 9.17) is 5.11 Å². The molecule has 0 aliphatic carbocycles. The number of pyridine rings is 1. The zero-order valence-corrected chi connectivity index (χ0v) is 11.7. The fourth-order valence-corrected chi connectivity index (χ4v) is 2.43. The first-order valence-corrected chi connectivity index (χ1v) is 6.68. The molecule has 0 aromatic carbocycles. The number of aromatic nitrogens is 1. The number of rotatable bonds is 3. The van der Waals surface area contributed by atoms with Crippen LogP contribution in [0.4, 0.5) is 0 Å². The van der Waals surface area contributed by atoms with Crippen molar-refractivity contribution in [3.05, 3.63) is 29.6 Å². The number of nitrogens with zero attached hydrogens (tertiary/aromatic N) is 2. The molecule has 108 valence electrons. The Morgan fingerprint density at radius 2 is 2.25 bits per heavy atom. The molecular weight excluding hydrogens is 258 g/mol. The van der Waals surface area contributed by atoms with Gasteiger partial charge >= 0.3 is 5.97 Å². The Morgan fingerprint density at radius 3 is 2.90 bits per heavy atom. The summed E-state index contributed by atoms with van der Waals surface area (Å²) in [7, 11) is 2.06. The fourth-order valence-electron chi connectivity index (χ4n) is 2.43. The van der Waals surface area contributed by atoms with E-state index in [1.165, 1.54) is 18.3 Å². The number of carboxylic acid groups (broad SMARTS) is 1. The lowest BCUT2D eigenvalue weighted by Gasteiger charge is -2.35. The van der Waals surface area contributed by atoms with Gasteiger partial charge in [-0.2, -0.15) is 0 Å². The number of likely N-dealkylation sites (tertiary alicyclic amines) is 1. The number of aromatic carboxylic acids is 1. The third-order valence-electron chi connectivity index (χ3n) is 3.80. The molecule has 2 heterocycles. The highest BCUT2D eigenvalue weighted by atomic mass is 16.4. The maximum Gasteiger partial charge on any atom is 0.338 e. The normalized spacial score (nSPS) is 23.3. The number of hydrogen-bond acceptors (Lipinski definition) is 4. The van der Waals surface area contributed by atoms with Gasteiger partial charge < -0.3 is 15.3 Å². The van der Waals surface area contributed by atoms with Gasteiger partial charge in [-0.1, -0.05) is 0 Å². The summed E-state index contributed by atoms with van der Waals surface area (Å²) in [6.45, 7) is 3.03. The van der Waals surface area contributed by atoms with Crippen LogP contribution in [-0.4, -0.2) is 52.5 Å². The standard InChI is InChI=1S/C14H19N3O3/c1-9-8-10(5-7-17(9)2)16-13(18)12-11(14(19)20)4-3-6-15-12/h3-4,6,9-10H,5,7-8H2,1-2H3,(H,16,18)(H,19,20). The van der Waals surface area contributed by atoms with Crippen LogP contribution >= 0.6 is 0 Å². The van der Waals surface area contributed by atoms with Crippen LogP contribution < -0.4 is 5.32 Å². The molecule has 0 radical (unpaired) electrons. The van der Waals surface area contributed by atoms with E-state index >= 15 is 0 Å². The van der Waals surface area contributed by atoms with Crippen LogP contribution in [0.5, 0.6) is 0 Å². The largest absolute Gasteiger partial charge is 0.478 e. The van der Waals surface area contributed by atoms with Crippen LogP contribution in [0.25, 0.3) is 0 Å². The molecular formula is C14H19N3O3. The van der Waals surface area contributed by atoms with Gasteiger partial charge in [0.25, 0.3) is 5.91 Å². The molecule has 1 aliphatic rings. The molecule has 2 atom stereocenters. The fraction of sp³-hybridized carbons (Fsp3) is 0.500. The van der Waals surface area contributed by atoms with E-state index in [0.717, 1.165) is 19.4 Å². The third-order valence-corrected chi connectivity index (χ3v) is 3.80. The van der Waals surface area contributed by atoms with E-state index < -0.39 is 11.9 Å². The zero-order chi connectivity index (χ0) is 14.7. The lowest BCUT2D eigenvalue weighted by molar-refractivity contribution is 0.0688. The number of piperidine rings is 1. The summed E-state index contributed by atoms with van der Waals surface area (Å²) in [4.78, 5) is 29.4. The number of carbonyl (C=O) groups excluding carboxylic acids is 1. The Hall–Kier alpha value is -1.95. The highest BCUT2D eigenvalue weighted by Gasteiger charge is 2.26. The Bertz CT molecular complexity index is 518. The van der Waals surface area contributed by atoms with Crippen molar-refractivity contribution in [3.8, 4) is 0 Å². The van der Waals surface area contributed by atoms with Gasteiger partial charge in [0, 0.05) is 24.8 Å². The molecule has 6 heteroatoms. The molecule has 1 aromatic rings. The first-order valence-electron chi connectivity index (χ1n) is 6.68. The maximum atomic E-state index is 12.2. The topological polar surface area (TPSA) is 82.5 Å². The smallest absolute Gasteiger partial charge is 0.338 e. The Balaban J connectivity index is 2.07. The molecule has 6 nitrogen and oxygen atoms in total. The van der Waals surface area contributed by atoms with Crippen molar-refractivity contribution in [2.45, 2.75) is 31.8 Å². The summed E-state index contributed by atoms with van der Waals surface area (Å²) in [6, 6.07) is 3.37. The van der Waals surface area contributed by atoms with E-state index in [0.29, 0.717) is 6.04 Å². The van der Waals surface area contributed by atoms with Gasteiger partial charge in [-0.05, 0) is 38.9 Å². The molecule has 20 heavy (non-hydrogen) atoms. The van der Waals surface area contributed by atoms with Crippen molar-refractivity contribution in [1.29, 1.82) is 0 Å². The Morgan fingerprint density at radius 1 is 1.50 bits per heavy atom. The quantitative estimate of drug-likeness (QED) is 0.861. The van der Waals surface area contributed by atoms with Crippen LogP contribution in [0, 0.1) is 0 Å². The molecule has 0 saturated carbocycles. The molecule has 1 aliphatic heterocycles. The molecule has 2 unspecified atom stereocenters. The van der Waals surface area contributed by atoms with E-state index in [1.807, 2.05) is 0 Å². The summed E-state index contributed by atoms with van der Waals surface area (Å²) in [5, 5.41) is 12.0. The van der Waals surface area contributed by atoms with Crippen molar-refractivity contribution in [3.63, 3.8) is 0 Å². The average Bonchev–Trinajstić information content (AvgIpc) is 2.43. The highest BCUT2D eigenvalue weighted by Crippen LogP contribution is 2.16. The van der Waals surface area contributed by atoms with Gasteiger partial charge in [-0.3, -0.25) is 9.78 Å². The zero-order valence-electron chi connectivity index (χ0n) is 11.7. The second-order valence-corrected chi connectivity index (χ2v) is 5.23. The van der Waals surface area contributed by atoms with E-state index in [2.05, 4.69) is 29.2 Å². The maximum absolute atomic E-state index is 12.2. The van der Waals surface area contributed by atoms with Crippen molar-refractivity contribution in [1.82, 2.24) is 15.2 Å². The second-order valence-electron chi connectivity index (χ2n) is 5.23. The molecule has 1 fully saturated rings. The molecule has 1 aromatic heterocycles.